The first-order valence-corrected chi connectivity index (χ1v) is 14.1. The largest absolute Gasteiger partial charge is 0.465 e. The van der Waals surface area contributed by atoms with Gasteiger partial charge in [-0.25, -0.2) is 9.78 Å². The summed E-state index contributed by atoms with van der Waals surface area (Å²) in [5.74, 6) is 6.43. The predicted octanol–water partition coefficient (Wildman–Crippen LogP) is 6.40. The maximum absolute atomic E-state index is 11.6. The Kier molecular flexibility index (Phi) is 6.97. The van der Waals surface area contributed by atoms with Crippen LogP contribution in [0.5, 0.6) is 0 Å². The summed E-state index contributed by atoms with van der Waals surface area (Å²) in [4.78, 5) is 17.5. The van der Waals surface area contributed by atoms with E-state index in [0.29, 0.717) is 22.1 Å². The summed E-state index contributed by atoms with van der Waals surface area (Å²) in [6.07, 6.45) is 2.67. The van der Waals surface area contributed by atoms with Gasteiger partial charge in [0.1, 0.15) is 0 Å². The van der Waals surface area contributed by atoms with E-state index < -0.39 is 20.6 Å². The number of hydrogen-bond acceptors (Lipinski definition) is 3. The third-order valence-corrected chi connectivity index (χ3v) is 11.4. The van der Waals surface area contributed by atoms with Crippen molar-refractivity contribution in [1.82, 2.24) is 14.5 Å². The van der Waals surface area contributed by atoms with Crippen LogP contribution in [0.2, 0.25) is 28.2 Å². The molecule has 2 heterocycles. The van der Waals surface area contributed by atoms with Crippen LogP contribution in [-0.2, 0) is 4.43 Å². The van der Waals surface area contributed by atoms with E-state index in [2.05, 4.69) is 50.7 Å². The van der Waals surface area contributed by atoms with E-state index in [1.165, 1.54) is 4.90 Å². The van der Waals surface area contributed by atoms with Crippen LogP contribution in [0.1, 0.15) is 46.3 Å². The smallest absolute Gasteiger partial charge is 0.408 e. The molecule has 3 rings (SSSR count). The Morgan fingerprint density at radius 1 is 1.29 bits per heavy atom. The lowest BCUT2D eigenvalue weighted by Gasteiger charge is -2.38. The fourth-order valence-electron chi connectivity index (χ4n) is 3.30. The first kappa shape index (κ1) is 23.9. The van der Waals surface area contributed by atoms with Crippen LogP contribution in [0.4, 0.5) is 4.79 Å². The quantitative estimate of drug-likeness (QED) is 0.406. The van der Waals surface area contributed by atoms with Crippen LogP contribution in [0.25, 0.3) is 11.0 Å². The first-order chi connectivity index (χ1) is 14.4. The second-order valence-corrected chi connectivity index (χ2v) is 15.0. The molecule has 0 spiro atoms. The number of aromatic nitrogens is 2. The highest BCUT2D eigenvalue weighted by Gasteiger charge is 2.39. The lowest BCUT2D eigenvalue weighted by atomic mass is 10.0. The van der Waals surface area contributed by atoms with Crippen molar-refractivity contribution in [2.75, 3.05) is 6.54 Å². The molecule has 9 heteroatoms. The van der Waals surface area contributed by atoms with Crippen molar-refractivity contribution >= 4 is 48.6 Å². The fraction of sp³-hybridized carbons (Fsp3) is 0.545. The molecule has 0 aliphatic carbocycles. The van der Waals surface area contributed by atoms with Crippen molar-refractivity contribution in [3.8, 4) is 11.8 Å². The summed E-state index contributed by atoms with van der Waals surface area (Å²) in [5, 5.41) is 10.4. The second kappa shape index (κ2) is 9.03. The summed E-state index contributed by atoms with van der Waals surface area (Å²) in [6, 6.07) is 3.14. The summed E-state index contributed by atoms with van der Waals surface area (Å²) in [6.45, 7) is 11.3. The van der Waals surface area contributed by atoms with Gasteiger partial charge >= 0.3 is 6.09 Å². The number of likely N-dealkylation sites (tertiary alicyclic amines) is 1. The van der Waals surface area contributed by atoms with Crippen LogP contribution in [0, 0.1) is 11.8 Å². The maximum Gasteiger partial charge on any atom is 0.408 e. The van der Waals surface area contributed by atoms with E-state index >= 15 is 0 Å². The van der Waals surface area contributed by atoms with Crippen molar-refractivity contribution in [3.05, 3.63) is 28.5 Å². The number of piperidine rings is 1. The fourth-order valence-corrected chi connectivity index (χ4v) is 4.70. The number of nitrogens with zero attached hydrogens (tertiary/aromatic N) is 3. The summed E-state index contributed by atoms with van der Waals surface area (Å²) >= 11 is 12.4. The lowest BCUT2D eigenvalue weighted by Crippen LogP contribution is -2.43. The molecule has 0 radical (unpaired) electrons. The topological polar surface area (TPSA) is 67.6 Å². The highest BCUT2D eigenvalue weighted by atomic mass is 35.5. The van der Waals surface area contributed by atoms with Gasteiger partial charge in [0.15, 0.2) is 14.5 Å². The predicted molar refractivity (Wildman–Crippen MR) is 127 cm³/mol. The van der Waals surface area contributed by atoms with Crippen molar-refractivity contribution in [3.63, 3.8) is 0 Å². The zero-order valence-corrected chi connectivity index (χ0v) is 21.1. The first-order valence-electron chi connectivity index (χ1n) is 10.4. The van der Waals surface area contributed by atoms with Gasteiger partial charge in [0.2, 0.25) is 0 Å². The number of benzene rings is 1. The highest BCUT2D eigenvalue weighted by Crippen LogP contribution is 2.39. The van der Waals surface area contributed by atoms with Crippen LogP contribution in [0.3, 0.4) is 0 Å². The van der Waals surface area contributed by atoms with E-state index in [1.54, 1.807) is 18.5 Å². The molecule has 0 bridgehead atoms. The van der Waals surface area contributed by atoms with Crippen LogP contribution in [0.15, 0.2) is 18.5 Å². The number of hydrogen-bond donors (Lipinski definition) is 1. The second-order valence-electron chi connectivity index (χ2n) is 9.41. The minimum absolute atomic E-state index is 0.0256. The molecule has 168 valence electrons. The highest BCUT2D eigenvalue weighted by molar-refractivity contribution is 6.74. The van der Waals surface area contributed by atoms with Gasteiger partial charge in [-0.3, -0.25) is 9.47 Å². The normalized spacial score (nSPS) is 18.5. The number of amides is 1. The van der Waals surface area contributed by atoms with E-state index in [1.807, 2.05) is 4.57 Å². The molecule has 1 N–H and O–H groups in total. The Morgan fingerprint density at radius 3 is 2.61 bits per heavy atom. The van der Waals surface area contributed by atoms with Gasteiger partial charge in [0.25, 0.3) is 0 Å². The van der Waals surface area contributed by atoms with E-state index in [-0.39, 0.29) is 11.1 Å². The summed E-state index contributed by atoms with van der Waals surface area (Å²) in [7, 11) is -2.20. The SMILES string of the molecule is CC(C)(C)[Si](C)(C)O[C@@H](C#CC1CCCCN1C(=O)O)n1cnc2cc(Cl)c(Cl)cc21. The minimum Gasteiger partial charge on any atom is -0.465 e. The average Bonchev–Trinajstić information content (AvgIpc) is 3.07. The van der Waals surface area contributed by atoms with E-state index in [9.17, 15) is 9.90 Å². The molecule has 1 amide bonds. The van der Waals surface area contributed by atoms with Gasteiger partial charge in [0.05, 0.1) is 33.4 Å². The molecule has 31 heavy (non-hydrogen) atoms. The Labute approximate surface area is 194 Å². The van der Waals surface area contributed by atoms with E-state index in [0.717, 1.165) is 24.8 Å². The summed E-state index contributed by atoms with van der Waals surface area (Å²) in [5.41, 5.74) is 1.47. The van der Waals surface area contributed by atoms with Gasteiger partial charge in [-0.05, 0) is 55.4 Å². The molecule has 1 aliphatic heterocycles. The van der Waals surface area contributed by atoms with Gasteiger partial charge < -0.3 is 9.53 Å². The average molecular weight is 482 g/mol. The van der Waals surface area contributed by atoms with Crippen LogP contribution >= 0.6 is 23.2 Å². The monoisotopic (exact) mass is 481 g/mol. The van der Waals surface area contributed by atoms with Crippen molar-refractivity contribution < 1.29 is 14.3 Å². The van der Waals surface area contributed by atoms with Gasteiger partial charge in [-0.2, -0.15) is 0 Å². The standard InChI is InChI=1S/C22H29Cl2N3O3Si/c1-22(2,3)31(4,5)30-20(10-9-15-8-6-7-11-26(15)21(28)29)27-14-25-18-12-16(23)17(24)13-19(18)27/h12-15,20H,6-8,11H2,1-5H3,(H,28,29)/t15?,20-/m0/s1. The molecule has 1 aromatic heterocycles. The summed E-state index contributed by atoms with van der Waals surface area (Å²) < 4.78 is 8.52. The number of carbonyl (C=O) groups is 1. The van der Waals surface area contributed by atoms with Crippen LogP contribution < -0.4 is 0 Å². The number of rotatable bonds is 3. The maximum atomic E-state index is 11.6. The molecular weight excluding hydrogens is 453 g/mol. The molecule has 1 unspecified atom stereocenters. The van der Waals surface area contributed by atoms with Gasteiger partial charge in [0, 0.05) is 6.54 Å². The van der Waals surface area contributed by atoms with Crippen LogP contribution in [-0.4, -0.2) is 46.6 Å². The lowest BCUT2D eigenvalue weighted by molar-refractivity contribution is 0.121. The molecule has 2 aromatic rings. The zero-order valence-electron chi connectivity index (χ0n) is 18.6. The molecule has 2 atom stereocenters. The number of fused-ring (bicyclic) bond motifs is 1. The molecule has 6 nitrogen and oxygen atoms in total. The van der Waals surface area contributed by atoms with Crippen molar-refractivity contribution in [2.45, 2.75) is 70.4 Å². The number of halogens is 2. The Balaban J connectivity index is 2.05. The van der Waals surface area contributed by atoms with Gasteiger partial charge in [-0.1, -0.05) is 49.9 Å². The van der Waals surface area contributed by atoms with Crippen molar-refractivity contribution in [1.29, 1.82) is 0 Å². The van der Waals surface area contributed by atoms with Crippen molar-refractivity contribution in [2.24, 2.45) is 0 Å². The zero-order chi connectivity index (χ0) is 23.0. The van der Waals surface area contributed by atoms with E-state index in [4.69, 9.17) is 27.6 Å². The molecule has 1 aliphatic rings. The molecule has 1 saturated heterocycles. The third kappa shape index (κ3) is 5.20. The number of carboxylic acid groups (broad SMARTS) is 1. The Morgan fingerprint density at radius 2 is 1.97 bits per heavy atom. The Hall–Kier alpha value is -1.72. The Bertz CT molecular complexity index is 1040. The van der Waals surface area contributed by atoms with Gasteiger partial charge in [-0.15, -0.1) is 0 Å². The molecule has 1 aromatic carbocycles. The number of imidazole rings is 1. The minimum atomic E-state index is -2.20. The molecule has 1 fully saturated rings. The third-order valence-electron chi connectivity index (χ3n) is 6.20. The molecular formula is C22H29Cl2N3O3Si. The molecule has 0 saturated carbocycles.